The summed E-state index contributed by atoms with van der Waals surface area (Å²) < 4.78 is 5.70. The topological polar surface area (TPSA) is 38.5 Å². The maximum Gasteiger partial charge on any atom is 0.0816 e. The number of hydrogen-bond donors (Lipinski definition) is 1. The molecule has 1 heterocycles. The van der Waals surface area contributed by atoms with Gasteiger partial charge in [0, 0.05) is 25.6 Å². The molecule has 0 aromatic heterocycles. The Kier molecular flexibility index (Phi) is 5.31. The molecule has 0 radical (unpaired) electrons. The number of ether oxygens (including phenoxy) is 1. The number of benzene rings is 1. The van der Waals surface area contributed by atoms with Gasteiger partial charge in [0.05, 0.1) is 17.7 Å². The summed E-state index contributed by atoms with van der Waals surface area (Å²) in [6, 6.07) is 10.3. The third-order valence-corrected chi connectivity index (χ3v) is 3.95. The smallest absolute Gasteiger partial charge is 0.0816 e. The van der Waals surface area contributed by atoms with Crippen LogP contribution in [0.2, 0.25) is 0 Å². The van der Waals surface area contributed by atoms with E-state index >= 15 is 0 Å². The van der Waals surface area contributed by atoms with Crippen molar-refractivity contribution >= 4 is 17.2 Å². The zero-order chi connectivity index (χ0) is 13.7. The van der Waals surface area contributed by atoms with Crippen LogP contribution in [0.5, 0.6) is 0 Å². The zero-order valence-corrected chi connectivity index (χ0v) is 12.2. The monoisotopic (exact) mass is 278 g/mol. The van der Waals surface area contributed by atoms with E-state index in [9.17, 15) is 0 Å². The number of thiocarbonyl (C=S) groups is 1. The lowest BCUT2D eigenvalue weighted by atomic mass is 9.98. The fourth-order valence-corrected chi connectivity index (χ4v) is 2.71. The Morgan fingerprint density at radius 3 is 2.84 bits per heavy atom. The van der Waals surface area contributed by atoms with E-state index in [1.54, 1.807) is 0 Å². The van der Waals surface area contributed by atoms with Gasteiger partial charge in [-0.05, 0) is 12.0 Å². The average molecular weight is 278 g/mol. The number of rotatable bonds is 5. The fourth-order valence-electron chi connectivity index (χ4n) is 2.50. The van der Waals surface area contributed by atoms with E-state index < -0.39 is 0 Å². The van der Waals surface area contributed by atoms with Crippen LogP contribution in [0.1, 0.15) is 24.8 Å². The minimum atomic E-state index is 0.131. The molecule has 2 rings (SSSR count). The standard InChI is InChI=1S/C15H22N2OS/c1-2-13-10-17(8-9-18-13)11-14(15(16)19)12-6-4-3-5-7-12/h3-7,13-14H,2,8-11H2,1H3,(H2,16,19). The Balaban J connectivity index is 2.03. The van der Waals surface area contributed by atoms with Crippen LogP contribution >= 0.6 is 12.2 Å². The Bertz CT molecular complexity index is 410. The Morgan fingerprint density at radius 1 is 1.47 bits per heavy atom. The predicted octanol–water partition coefficient (Wildman–Crippen LogP) is 2.17. The third-order valence-electron chi connectivity index (χ3n) is 3.66. The lowest BCUT2D eigenvalue weighted by molar-refractivity contribution is -0.0298. The van der Waals surface area contributed by atoms with Gasteiger partial charge in [-0.25, -0.2) is 0 Å². The number of hydrogen-bond acceptors (Lipinski definition) is 3. The van der Waals surface area contributed by atoms with Crippen molar-refractivity contribution in [1.82, 2.24) is 4.90 Å². The molecule has 0 bridgehead atoms. The van der Waals surface area contributed by atoms with E-state index in [-0.39, 0.29) is 5.92 Å². The maximum atomic E-state index is 5.93. The van der Waals surface area contributed by atoms with Crippen LogP contribution in [0.3, 0.4) is 0 Å². The van der Waals surface area contributed by atoms with Gasteiger partial charge in [0.1, 0.15) is 0 Å². The summed E-state index contributed by atoms with van der Waals surface area (Å²) in [7, 11) is 0. The highest BCUT2D eigenvalue weighted by Crippen LogP contribution is 2.19. The number of morpholine rings is 1. The lowest BCUT2D eigenvalue weighted by Gasteiger charge is -2.34. The molecule has 2 unspecified atom stereocenters. The molecule has 0 amide bonds. The molecule has 2 N–H and O–H groups in total. The summed E-state index contributed by atoms with van der Waals surface area (Å²) in [6.45, 7) is 5.79. The molecule has 4 heteroatoms. The van der Waals surface area contributed by atoms with E-state index in [4.69, 9.17) is 22.7 Å². The SMILES string of the molecule is CCC1CN(CC(C(N)=S)c2ccccc2)CCO1. The predicted molar refractivity (Wildman–Crippen MR) is 82.4 cm³/mol. The first kappa shape index (κ1) is 14.4. The second-order valence-electron chi connectivity index (χ2n) is 5.03. The van der Waals surface area contributed by atoms with Crippen molar-refractivity contribution in [1.29, 1.82) is 0 Å². The molecule has 3 nitrogen and oxygen atoms in total. The van der Waals surface area contributed by atoms with E-state index in [0.717, 1.165) is 32.7 Å². The molecule has 0 spiro atoms. The zero-order valence-electron chi connectivity index (χ0n) is 11.4. The summed E-state index contributed by atoms with van der Waals surface area (Å²) in [5.74, 6) is 0.131. The summed E-state index contributed by atoms with van der Waals surface area (Å²) in [6.07, 6.45) is 1.40. The van der Waals surface area contributed by atoms with Crippen molar-refractivity contribution in [2.75, 3.05) is 26.2 Å². The number of nitrogens with two attached hydrogens (primary N) is 1. The van der Waals surface area contributed by atoms with Crippen LogP contribution in [0.25, 0.3) is 0 Å². The first-order chi connectivity index (χ1) is 9.20. The van der Waals surface area contributed by atoms with Crippen molar-refractivity contribution in [3.8, 4) is 0 Å². The minimum Gasteiger partial charge on any atom is -0.393 e. The van der Waals surface area contributed by atoms with Crippen LogP contribution in [0.4, 0.5) is 0 Å². The molecular formula is C15H22N2OS. The van der Waals surface area contributed by atoms with Crippen molar-refractivity contribution in [2.24, 2.45) is 5.73 Å². The molecule has 1 aromatic carbocycles. The second-order valence-corrected chi connectivity index (χ2v) is 5.50. The lowest BCUT2D eigenvalue weighted by Crippen LogP contribution is -2.45. The Labute approximate surface area is 120 Å². The Morgan fingerprint density at radius 2 is 2.21 bits per heavy atom. The van der Waals surface area contributed by atoms with Gasteiger partial charge in [-0.2, -0.15) is 0 Å². The van der Waals surface area contributed by atoms with Gasteiger partial charge in [0.2, 0.25) is 0 Å². The van der Waals surface area contributed by atoms with Crippen LogP contribution in [0.15, 0.2) is 30.3 Å². The molecule has 0 aliphatic carbocycles. The van der Waals surface area contributed by atoms with Crippen molar-refractivity contribution in [3.63, 3.8) is 0 Å². The Hall–Kier alpha value is -0.970. The summed E-state index contributed by atoms with van der Waals surface area (Å²) in [5.41, 5.74) is 7.13. The van der Waals surface area contributed by atoms with E-state index in [1.807, 2.05) is 18.2 Å². The van der Waals surface area contributed by atoms with Gasteiger partial charge in [0.25, 0.3) is 0 Å². The van der Waals surface area contributed by atoms with Gasteiger partial charge in [-0.15, -0.1) is 0 Å². The second kappa shape index (κ2) is 6.98. The largest absolute Gasteiger partial charge is 0.393 e. The molecule has 1 aliphatic rings. The van der Waals surface area contributed by atoms with Crippen molar-refractivity contribution in [2.45, 2.75) is 25.4 Å². The highest BCUT2D eigenvalue weighted by atomic mass is 32.1. The van der Waals surface area contributed by atoms with Crippen LogP contribution in [0, 0.1) is 0 Å². The van der Waals surface area contributed by atoms with Crippen molar-refractivity contribution in [3.05, 3.63) is 35.9 Å². The molecule has 0 saturated carbocycles. The van der Waals surface area contributed by atoms with Gasteiger partial charge in [-0.3, -0.25) is 4.90 Å². The molecule has 2 atom stereocenters. The van der Waals surface area contributed by atoms with E-state index in [0.29, 0.717) is 11.1 Å². The summed E-state index contributed by atoms with van der Waals surface area (Å²) >= 11 is 5.25. The summed E-state index contributed by atoms with van der Waals surface area (Å²) in [4.78, 5) is 2.99. The van der Waals surface area contributed by atoms with Gasteiger partial charge >= 0.3 is 0 Å². The fraction of sp³-hybridized carbons (Fsp3) is 0.533. The third kappa shape index (κ3) is 4.00. The quantitative estimate of drug-likeness (QED) is 0.838. The molecule has 104 valence electrons. The maximum absolute atomic E-state index is 5.93. The van der Waals surface area contributed by atoms with Crippen LogP contribution in [-0.4, -0.2) is 42.2 Å². The highest BCUT2D eigenvalue weighted by molar-refractivity contribution is 7.80. The molecule has 1 aliphatic heterocycles. The molecule has 1 fully saturated rings. The van der Waals surface area contributed by atoms with E-state index in [2.05, 4.69) is 24.0 Å². The van der Waals surface area contributed by atoms with E-state index in [1.165, 1.54) is 5.56 Å². The van der Waals surface area contributed by atoms with Gasteiger partial charge < -0.3 is 10.5 Å². The van der Waals surface area contributed by atoms with Crippen molar-refractivity contribution < 1.29 is 4.74 Å². The first-order valence-electron chi connectivity index (χ1n) is 6.89. The minimum absolute atomic E-state index is 0.131. The van der Waals surface area contributed by atoms with Crippen LogP contribution < -0.4 is 5.73 Å². The summed E-state index contributed by atoms with van der Waals surface area (Å²) in [5, 5.41) is 0. The first-order valence-corrected chi connectivity index (χ1v) is 7.29. The number of nitrogens with zero attached hydrogens (tertiary/aromatic N) is 1. The highest BCUT2D eigenvalue weighted by Gasteiger charge is 2.23. The molecule has 19 heavy (non-hydrogen) atoms. The van der Waals surface area contributed by atoms with Gasteiger partial charge in [-0.1, -0.05) is 49.5 Å². The average Bonchev–Trinajstić information content (AvgIpc) is 2.45. The van der Waals surface area contributed by atoms with Gasteiger partial charge in [0.15, 0.2) is 0 Å². The van der Waals surface area contributed by atoms with Crippen LogP contribution in [-0.2, 0) is 4.74 Å². The molecule has 1 aromatic rings. The molecular weight excluding hydrogens is 256 g/mol. The normalized spacial score (nSPS) is 22.1. The molecule has 1 saturated heterocycles.